The third-order valence-corrected chi connectivity index (χ3v) is 3.54. The van der Waals surface area contributed by atoms with Crippen LogP contribution in [0.3, 0.4) is 0 Å². The number of carbonyl (C=O) groups excluding carboxylic acids is 1. The van der Waals surface area contributed by atoms with Crippen molar-refractivity contribution >= 4 is 5.91 Å². The fourth-order valence-corrected chi connectivity index (χ4v) is 2.13. The van der Waals surface area contributed by atoms with Crippen LogP contribution < -0.4 is 11.3 Å². The zero-order valence-corrected chi connectivity index (χ0v) is 9.99. The van der Waals surface area contributed by atoms with Gasteiger partial charge in [-0.3, -0.25) is 10.2 Å². The van der Waals surface area contributed by atoms with Gasteiger partial charge in [-0.25, -0.2) is 5.84 Å². The molecular formula is C11H23N3O. The third kappa shape index (κ3) is 3.47. The van der Waals surface area contributed by atoms with Crippen molar-refractivity contribution in [2.24, 2.45) is 23.6 Å². The summed E-state index contributed by atoms with van der Waals surface area (Å²) in [6.07, 6.45) is 1.23. The van der Waals surface area contributed by atoms with Gasteiger partial charge in [0, 0.05) is 19.0 Å². The van der Waals surface area contributed by atoms with Crippen molar-refractivity contribution < 1.29 is 4.79 Å². The van der Waals surface area contributed by atoms with Gasteiger partial charge in [-0.15, -0.1) is 0 Å². The summed E-state index contributed by atoms with van der Waals surface area (Å²) < 4.78 is 0. The quantitative estimate of drug-likeness (QED) is 0.410. The molecule has 3 atom stereocenters. The molecular weight excluding hydrogens is 190 g/mol. The molecule has 1 heterocycles. The topological polar surface area (TPSA) is 58.4 Å². The molecule has 88 valence electrons. The Morgan fingerprint density at radius 1 is 1.53 bits per heavy atom. The number of piperidine rings is 1. The maximum atomic E-state index is 11.3. The van der Waals surface area contributed by atoms with E-state index in [1.165, 1.54) is 6.42 Å². The molecule has 15 heavy (non-hydrogen) atoms. The molecule has 0 aromatic carbocycles. The van der Waals surface area contributed by atoms with Gasteiger partial charge in [-0.1, -0.05) is 20.8 Å². The number of hydrogen-bond donors (Lipinski definition) is 2. The molecule has 1 amide bonds. The second-order valence-corrected chi connectivity index (χ2v) is 4.91. The lowest BCUT2D eigenvalue weighted by Gasteiger charge is -2.36. The van der Waals surface area contributed by atoms with Crippen LogP contribution in [0.15, 0.2) is 0 Å². The van der Waals surface area contributed by atoms with Gasteiger partial charge in [0.25, 0.3) is 0 Å². The fourth-order valence-electron chi connectivity index (χ4n) is 2.13. The standard InChI is InChI=1S/C11H23N3O/c1-8-4-5-14(6-9(8)2)7-10(3)11(15)13-12/h8-10H,4-7,12H2,1-3H3,(H,13,15). The molecule has 1 aliphatic rings. The Morgan fingerprint density at radius 2 is 2.20 bits per heavy atom. The fraction of sp³-hybridized carbons (Fsp3) is 0.909. The van der Waals surface area contributed by atoms with Crippen molar-refractivity contribution in [3.63, 3.8) is 0 Å². The second-order valence-electron chi connectivity index (χ2n) is 4.91. The lowest BCUT2D eigenvalue weighted by molar-refractivity contribution is -0.125. The number of nitrogens with one attached hydrogen (secondary N) is 1. The Morgan fingerprint density at radius 3 is 2.73 bits per heavy atom. The SMILES string of the molecule is CC(CN1CCC(C)C(C)C1)C(=O)NN. The van der Waals surface area contributed by atoms with Crippen LogP contribution in [0.2, 0.25) is 0 Å². The van der Waals surface area contributed by atoms with Gasteiger partial charge in [-0.05, 0) is 24.8 Å². The van der Waals surface area contributed by atoms with E-state index in [0.29, 0.717) is 0 Å². The molecule has 0 aromatic rings. The van der Waals surface area contributed by atoms with E-state index in [-0.39, 0.29) is 11.8 Å². The van der Waals surface area contributed by atoms with Gasteiger partial charge in [0.1, 0.15) is 0 Å². The Balaban J connectivity index is 2.36. The van der Waals surface area contributed by atoms with Crippen molar-refractivity contribution in [1.82, 2.24) is 10.3 Å². The number of carbonyl (C=O) groups is 1. The summed E-state index contributed by atoms with van der Waals surface area (Å²) in [6, 6.07) is 0. The van der Waals surface area contributed by atoms with Gasteiger partial charge in [-0.2, -0.15) is 0 Å². The number of amides is 1. The van der Waals surface area contributed by atoms with Crippen LogP contribution in [-0.4, -0.2) is 30.4 Å². The minimum absolute atomic E-state index is 0.0180. The Kier molecular flexibility index (Phi) is 4.54. The Labute approximate surface area is 92.2 Å². The van der Waals surface area contributed by atoms with E-state index in [0.717, 1.165) is 31.5 Å². The Hall–Kier alpha value is -0.610. The van der Waals surface area contributed by atoms with Crippen LogP contribution in [0.25, 0.3) is 0 Å². The molecule has 3 N–H and O–H groups in total. The van der Waals surface area contributed by atoms with E-state index in [1.807, 2.05) is 6.92 Å². The highest BCUT2D eigenvalue weighted by Crippen LogP contribution is 2.22. The first-order valence-electron chi connectivity index (χ1n) is 5.77. The molecule has 0 saturated carbocycles. The Bertz CT molecular complexity index is 220. The molecule has 1 rings (SSSR count). The van der Waals surface area contributed by atoms with Crippen molar-refractivity contribution in [1.29, 1.82) is 0 Å². The van der Waals surface area contributed by atoms with Crippen LogP contribution in [-0.2, 0) is 4.79 Å². The van der Waals surface area contributed by atoms with Crippen LogP contribution in [0.5, 0.6) is 0 Å². The number of nitrogens with two attached hydrogens (primary N) is 1. The van der Waals surface area contributed by atoms with E-state index in [9.17, 15) is 4.79 Å². The zero-order chi connectivity index (χ0) is 11.4. The summed E-state index contributed by atoms with van der Waals surface area (Å²) in [6.45, 7) is 9.53. The molecule has 4 heteroatoms. The summed E-state index contributed by atoms with van der Waals surface area (Å²) in [5.74, 6) is 6.56. The molecule has 0 aromatic heterocycles. The van der Waals surface area contributed by atoms with Gasteiger partial charge in [0.2, 0.25) is 5.91 Å². The first-order valence-corrected chi connectivity index (χ1v) is 5.77. The molecule has 1 fully saturated rings. The summed E-state index contributed by atoms with van der Waals surface area (Å²) in [5.41, 5.74) is 2.21. The summed E-state index contributed by atoms with van der Waals surface area (Å²) in [4.78, 5) is 13.6. The normalized spacial score (nSPS) is 29.9. The molecule has 4 nitrogen and oxygen atoms in total. The predicted octanol–water partition coefficient (Wildman–Crippen LogP) is 0.590. The molecule has 0 aliphatic carbocycles. The number of rotatable bonds is 3. The highest BCUT2D eigenvalue weighted by molar-refractivity contribution is 5.77. The first-order chi connectivity index (χ1) is 7.04. The van der Waals surface area contributed by atoms with E-state index in [4.69, 9.17) is 5.84 Å². The molecule has 1 saturated heterocycles. The van der Waals surface area contributed by atoms with Gasteiger partial charge >= 0.3 is 0 Å². The van der Waals surface area contributed by atoms with Gasteiger partial charge < -0.3 is 4.90 Å². The van der Waals surface area contributed by atoms with E-state index in [2.05, 4.69) is 24.2 Å². The smallest absolute Gasteiger partial charge is 0.237 e. The number of hydrazine groups is 1. The van der Waals surface area contributed by atoms with Crippen molar-refractivity contribution in [3.05, 3.63) is 0 Å². The number of likely N-dealkylation sites (tertiary alicyclic amines) is 1. The van der Waals surface area contributed by atoms with Gasteiger partial charge in [0.15, 0.2) is 0 Å². The third-order valence-electron chi connectivity index (χ3n) is 3.54. The summed E-state index contributed by atoms with van der Waals surface area (Å²) in [5, 5.41) is 0. The molecule has 1 aliphatic heterocycles. The van der Waals surface area contributed by atoms with Gasteiger partial charge in [0.05, 0.1) is 0 Å². The van der Waals surface area contributed by atoms with Crippen LogP contribution in [0.4, 0.5) is 0 Å². The monoisotopic (exact) mass is 213 g/mol. The molecule has 0 radical (unpaired) electrons. The average molecular weight is 213 g/mol. The van der Waals surface area contributed by atoms with Crippen LogP contribution in [0, 0.1) is 17.8 Å². The highest BCUT2D eigenvalue weighted by atomic mass is 16.2. The maximum absolute atomic E-state index is 11.3. The predicted molar refractivity (Wildman–Crippen MR) is 60.9 cm³/mol. The lowest BCUT2D eigenvalue weighted by atomic mass is 9.88. The van der Waals surface area contributed by atoms with Crippen molar-refractivity contribution in [2.45, 2.75) is 27.2 Å². The molecule has 3 unspecified atom stereocenters. The first kappa shape index (κ1) is 12.5. The van der Waals surface area contributed by atoms with Crippen LogP contribution in [0.1, 0.15) is 27.2 Å². The van der Waals surface area contributed by atoms with E-state index >= 15 is 0 Å². The number of nitrogens with zero attached hydrogens (tertiary/aromatic N) is 1. The zero-order valence-electron chi connectivity index (χ0n) is 9.99. The molecule has 0 spiro atoms. The lowest BCUT2D eigenvalue weighted by Crippen LogP contribution is -2.44. The highest BCUT2D eigenvalue weighted by Gasteiger charge is 2.24. The van der Waals surface area contributed by atoms with E-state index in [1.54, 1.807) is 0 Å². The van der Waals surface area contributed by atoms with Crippen molar-refractivity contribution in [2.75, 3.05) is 19.6 Å². The molecule has 0 bridgehead atoms. The minimum atomic E-state index is -0.0683. The largest absolute Gasteiger partial charge is 0.302 e. The average Bonchev–Trinajstić information content (AvgIpc) is 2.22. The van der Waals surface area contributed by atoms with Crippen molar-refractivity contribution in [3.8, 4) is 0 Å². The number of hydrogen-bond acceptors (Lipinski definition) is 3. The summed E-state index contributed by atoms with van der Waals surface area (Å²) >= 11 is 0. The summed E-state index contributed by atoms with van der Waals surface area (Å²) in [7, 11) is 0. The van der Waals surface area contributed by atoms with Crippen LogP contribution >= 0.6 is 0 Å². The van der Waals surface area contributed by atoms with E-state index < -0.39 is 0 Å². The maximum Gasteiger partial charge on any atom is 0.237 e. The minimum Gasteiger partial charge on any atom is -0.302 e. The second kappa shape index (κ2) is 5.47.